The van der Waals surface area contributed by atoms with Gasteiger partial charge in [0.25, 0.3) is 0 Å². The molecule has 3 N–H and O–H groups in total. The molecule has 112 valence electrons. The van der Waals surface area contributed by atoms with Crippen LogP contribution in [0.2, 0.25) is 0 Å². The topological polar surface area (TPSA) is 64.7 Å². The Morgan fingerprint density at radius 1 is 1.35 bits per heavy atom. The lowest BCUT2D eigenvalue weighted by atomic mass is 9.89. The van der Waals surface area contributed by atoms with E-state index < -0.39 is 6.10 Å². The number of nitrogens with two attached hydrogens (primary N) is 1. The summed E-state index contributed by atoms with van der Waals surface area (Å²) >= 11 is 0. The SMILES string of the molecule is CC1CCCC(OCC(O)COc2cccc(N)c2)C1. The first kappa shape index (κ1) is 15.1. The molecule has 0 spiro atoms. The fourth-order valence-electron chi connectivity index (χ4n) is 2.62. The van der Waals surface area contributed by atoms with Gasteiger partial charge in [-0.15, -0.1) is 0 Å². The minimum atomic E-state index is -0.603. The Balaban J connectivity index is 1.66. The Morgan fingerprint density at radius 3 is 2.95 bits per heavy atom. The van der Waals surface area contributed by atoms with Crippen molar-refractivity contribution in [1.82, 2.24) is 0 Å². The van der Waals surface area contributed by atoms with Crippen LogP contribution >= 0.6 is 0 Å². The maximum atomic E-state index is 9.90. The van der Waals surface area contributed by atoms with Gasteiger partial charge in [0.2, 0.25) is 0 Å². The molecule has 0 saturated heterocycles. The van der Waals surface area contributed by atoms with Crippen molar-refractivity contribution in [2.24, 2.45) is 5.92 Å². The summed E-state index contributed by atoms with van der Waals surface area (Å²) in [7, 11) is 0. The van der Waals surface area contributed by atoms with Crippen molar-refractivity contribution >= 4 is 5.69 Å². The fraction of sp³-hybridized carbons (Fsp3) is 0.625. The molecule has 1 aliphatic carbocycles. The number of aliphatic hydroxyl groups is 1. The maximum Gasteiger partial charge on any atom is 0.121 e. The highest BCUT2D eigenvalue weighted by atomic mass is 16.5. The van der Waals surface area contributed by atoms with E-state index in [-0.39, 0.29) is 6.61 Å². The van der Waals surface area contributed by atoms with Gasteiger partial charge < -0.3 is 20.3 Å². The van der Waals surface area contributed by atoms with E-state index in [0.717, 1.165) is 18.8 Å². The highest BCUT2D eigenvalue weighted by Gasteiger charge is 2.20. The van der Waals surface area contributed by atoms with Gasteiger partial charge in [0.15, 0.2) is 0 Å². The summed E-state index contributed by atoms with van der Waals surface area (Å²) in [6, 6.07) is 7.21. The van der Waals surface area contributed by atoms with Crippen molar-refractivity contribution in [1.29, 1.82) is 0 Å². The van der Waals surface area contributed by atoms with Gasteiger partial charge in [0.1, 0.15) is 18.5 Å². The van der Waals surface area contributed by atoms with Crippen LogP contribution in [0, 0.1) is 5.92 Å². The monoisotopic (exact) mass is 279 g/mol. The zero-order chi connectivity index (χ0) is 14.4. The Bertz CT molecular complexity index is 410. The van der Waals surface area contributed by atoms with Crippen LogP contribution in [0.5, 0.6) is 5.75 Å². The standard InChI is InChI=1S/C16H25NO3/c1-12-4-2-6-15(8-12)19-10-14(18)11-20-16-7-3-5-13(17)9-16/h3,5,7,9,12,14-15,18H,2,4,6,8,10-11,17H2,1H3. The summed E-state index contributed by atoms with van der Waals surface area (Å²) in [6.45, 7) is 2.82. The summed E-state index contributed by atoms with van der Waals surface area (Å²) in [5.74, 6) is 1.41. The van der Waals surface area contributed by atoms with Crippen LogP contribution in [0.15, 0.2) is 24.3 Å². The Kier molecular flexibility index (Phi) is 5.68. The summed E-state index contributed by atoms with van der Waals surface area (Å²) in [6.07, 6.45) is 4.41. The second-order valence-corrected chi connectivity index (χ2v) is 5.76. The molecule has 3 atom stereocenters. The molecule has 1 fully saturated rings. The molecule has 0 amide bonds. The van der Waals surface area contributed by atoms with E-state index in [1.165, 1.54) is 12.8 Å². The third-order valence-electron chi connectivity index (χ3n) is 3.71. The van der Waals surface area contributed by atoms with Gasteiger partial charge in [-0.2, -0.15) is 0 Å². The fourth-order valence-corrected chi connectivity index (χ4v) is 2.62. The average molecular weight is 279 g/mol. The zero-order valence-corrected chi connectivity index (χ0v) is 12.1. The van der Waals surface area contributed by atoms with Crippen LogP contribution < -0.4 is 10.5 Å². The van der Waals surface area contributed by atoms with E-state index >= 15 is 0 Å². The maximum absolute atomic E-state index is 9.90. The normalized spacial score (nSPS) is 24.3. The van der Waals surface area contributed by atoms with Gasteiger partial charge >= 0.3 is 0 Å². The first-order valence-electron chi connectivity index (χ1n) is 7.41. The van der Waals surface area contributed by atoms with Crippen molar-refractivity contribution in [3.05, 3.63) is 24.3 Å². The van der Waals surface area contributed by atoms with E-state index in [4.69, 9.17) is 15.2 Å². The van der Waals surface area contributed by atoms with Crippen LogP contribution in [0.4, 0.5) is 5.69 Å². The average Bonchev–Trinajstić information content (AvgIpc) is 2.43. The summed E-state index contributed by atoms with van der Waals surface area (Å²) in [5.41, 5.74) is 6.32. The molecule has 4 nitrogen and oxygen atoms in total. The summed E-state index contributed by atoms with van der Waals surface area (Å²) in [4.78, 5) is 0. The number of nitrogen functional groups attached to an aromatic ring is 1. The van der Waals surface area contributed by atoms with Gasteiger partial charge in [-0.25, -0.2) is 0 Å². The van der Waals surface area contributed by atoms with Gasteiger partial charge in [0, 0.05) is 11.8 Å². The molecule has 1 saturated carbocycles. The molecule has 0 aromatic heterocycles. The number of rotatable bonds is 6. The van der Waals surface area contributed by atoms with Crippen LogP contribution in [0.1, 0.15) is 32.6 Å². The largest absolute Gasteiger partial charge is 0.491 e. The number of ether oxygens (including phenoxy) is 2. The molecule has 0 radical (unpaired) electrons. The first-order valence-corrected chi connectivity index (χ1v) is 7.41. The van der Waals surface area contributed by atoms with Crippen LogP contribution in [0.25, 0.3) is 0 Å². The molecule has 0 bridgehead atoms. The van der Waals surface area contributed by atoms with Gasteiger partial charge in [-0.3, -0.25) is 0 Å². The molecule has 2 rings (SSSR count). The molecule has 4 heteroatoms. The first-order chi connectivity index (χ1) is 9.63. The highest BCUT2D eigenvalue weighted by molar-refractivity contribution is 5.43. The second-order valence-electron chi connectivity index (χ2n) is 5.76. The molecular weight excluding hydrogens is 254 g/mol. The quantitative estimate of drug-likeness (QED) is 0.786. The van der Waals surface area contributed by atoms with Crippen LogP contribution in [-0.2, 0) is 4.74 Å². The van der Waals surface area contributed by atoms with Crippen molar-refractivity contribution in [3.63, 3.8) is 0 Å². The Labute approximate surface area is 120 Å². The van der Waals surface area contributed by atoms with E-state index in [2.05, 4.69) is 6.92 Å². The molecule has 20 heavy (non-hydrogen) atoms. The predicted octanol–water partition coefficient (Wildman–Crippen LogP) is 2.60. The number of anilines is 1. The molecule has 1 aromatic carbocycles. The third kappa shape index (κ3) is 5.02. The molecular formula is C16H25NO3. The zero-order valence-electron chi connectivity index (χ0n) is 12.1. The van der Waals surface area contributed by atoms with Crippen molar-refractivity contribution in [3.8, 4) is 5.75 Å². The van der Waals surface area contributed by atoms with Gasteiger partial charge in [-0.1, -0.05) is 25.8 Å². The van der Waals surface area contributed by atoms with Crippen LogP contribution in [0.3, 0.4) is 0 Å². The molecule has 0 aliphatic heterocycles. The highest BCUT2D eigenvalue weighted by Crippen LogP contribution is 2.25. The Hall–Kier alpha value is -1.26. The van der Waals surface area contributed by atoms with E-state index in [1.54, 1.807) is 12.1 Å². The molecule has 0 heterocycles. The number of hydrogen-bond acceptors (Lipinski definition) is 4. The van der Waals surface area contributed by atoms with E-state index in [9.17, 15) is 5.11 Å². The number of benzene rings is 1. The smallest absolute Gasteiger partial charge is 0.121 e. The lowest BCUT2D eigenvalue weighted by molar-refractivity contribution is -0.0426. The molecule has 1 aromatic rings. The van der Waals surface area contributed by atoms with Gasteiger partial charge in [-0.05, 0) is 30.9 Å². The van der Waals surface area contributed by atoms with Gasteiger partial charge in [0.05, 0.1) is 12.7 Å². The number of hydrogen-bond donors (Lipinski definition) is 2. The summed E-state index contributed by atoms with van der Waals surface area (Å²) < 4.78 is 11.3. The van der Waals surface area contributed by atoms with Crippen molar-refractivity contribution in [2.75, 3.05) is 18.9 Å². The lowest BCUT2D eigenvalue weighted by Crippen LogP contribution is -2.29. The summed E-state index contributed by atoms with van der Waals surface area (Å²) in [5, 5.41) is 9.90. The minimum absolute atomic E-state index is 0.228. The van der Waals surface area contributed by atoms with Crippen molar-refractivity contribution < 1.29 is 14.6 Å². The van der Waals surface area contributed by atoms with E-state index in [0.29, 0.717) is 24.1 Å². The predicted molar refractivity (Wildman–Crippen MR) is 79.7 cm³/mol. The number of aliphatic hydroxyl groups excluding tert-OH is 1. The van der Waals surface area contributed by atoms with E-state index in [1.807, 2.05) is 12.1 Å². The lowest BCUT2D eigenvalue weighted by Gasteiger charge is -2.27. The molecule has 1 aliphatic rings. The minimum Gasteiger partial charge on any atom is -0.491 e. The third-order valence-corrected chi connectivity index (χ3v) is 3.71. The Morgan fingerprint density at radius 2 is 2.20 bits per heavy atom. The van der Waals surface area contributed by atoms with Crippen molar-refractivity contribution in [2.45, 2.75) is 44.8 Å². The second kappa shape index (κ2) is 7.50. The van der Waals surface area contributed by atoms with Crippen LogP contribution in [-0.4, -0.2) is 30.5 Å². The molecule has 3 unspecified atom stereocenters.